The summed E-state index contributed by atoms with van der Waals surface area (Å²) in [5.74, 6) is -0.765. The molecule has 0 aromatic heterocycles. The summed E-state index contributed by atoms with van der Waals surface area (Å²) < 4.78 is 0. The van der Waals surface area contributed by atoms with Crippen LogP contribution in [0.15, 0.2) is 0 Å². The molecule has 0 radical (unpaired) electrons. The van der Waals surface area contributed by atoms with Gasteiger partial charge in [-0.05, 0) is 24.7 Å². The molecule has 1 aliphatic carbocycles. The summed E-state index contributed by atoms with van der Waals surface area (Å²) in [5, 5.41) is 17.6. The third-order valence-corrected chi connectivity index (χ3v) is 3.45. The van der Waals surface area contributed by atoms with E-state index in [9.17, 15) is 4.79 Å². The van der Waals surface area contributed by atoms with Gasteiger partial charge in [0.05, 0.1) is 5.92 Å². The average molecular weight is 187 g/mol. The minimum Gasteiger partial charge on any atom is -0.481 e. The molecule has 4 heteroatoms. The Morgan fingerprint density at radius 2 is 2.15 bits per heavy atom. The lowest BCUT2D eigenvalue weighted by atomic mass is 9.53. The van der Waals surface area contributed by atoms with Gasteiger partial charge in [0.1, 0.15) is 0 Å². The third-order valence-electron chi connectivity index (χ3n) is 3.45. The first-order chi connectivity index (χ1) is 5.91. The van der Waals surface area contributed by atoms with Crippen molar-refractivity contribution in [3.05, 3.63) is 0 Å². The van der Waals surface area contributed by atoms with Crippen LogP contribution in [0.2, 0.25) is 0 Å². The maximum absolute atomic E-state index is 10.8. The van der Waals surface area contributed by atoms with Gasteiger partial charge in [0, 0.05) is 6.04 Å². The van der Waals surface area contributed by atoms with Crippen molar-refractivity contribution in [2.75, 3.05) is 0 Å². The molecule has 0 spiro atoms. The van der Waals surface area contributed by atoms with Crippen molar-refractivity contribution in [3.63, 3.8) is 0 Å². The summed E-state index contributed by atoms with van der Waals surface area (Å²) >= 11 is 0. The van der Waals surface area contributed by atoms with E-state index in [2.05, 4.69) is 5.48 Å². The highest BCUT2D eigenvalue weighted by molar-refractivity contribution is 5.72. The summed E-state index contributed by atoms with van der Waals surface area (Å²) in [4.78, 5) is 10.8. The Bertz CT molecular complexity index is 215. The number of aliphatic carboxylic acids is 1. The smallest absolute Gasteiger partial charge is 0.307 e. The highest BCUT2D eigenvalue weighted by atomic mass is 16.5. The Balaban J connectivity index is 2.64. The Morgan fingerprint density at radius 3 is 2.46 bits per heavy atom. The lowest BCUT2D eigenvalue weighted by Crippen LogP contribution is -2.55. The molecule has 0 aliphatic heterocycles. The summed E-state index contributed by atoms with van der Waals surface area (Å²) in [7, 11) is 0. The first kappa shape index (κ1) is 10.5. The van der Waals surface area contributed by atoms with Crippen molar-refractivity contribution in [1.82, 2.24) is 5.48 Å². The second-order valence-electron chi connectivity index (χ2n) is 4.47. The number of rotatable bonds is 3. The molecule has 1 fully saturated rings. The van der Waals surface area contributed by atoms with Crippen molar-refractivity contribution in [2.45, 2.75) is 33.2 Å². The molecule has 1 saturated carbocycles. The van der Waals surface area contributed by atoms with Crippen LogP contribution in [0.1, 0.15) is 27.2 Å². The fraction of sp³-hybridized carbons (Fsp3) is 0.889. The lowest BCUT2D eigenvalue weighted by molar-refractivity contribution is -0.162. The molecule has 3 N–H and O–H groups in total. The summed E-state index contributed by atoms with van der Waals surface area (Å²) in [6.07, 6.45) is 0.650. The van der Waals surface area contributed by atoms with Gasteiger partial charge < -0.3 is 10.3 Å². The quantitative estimate of drug-likeness (QED) is 0.579. The molecule has 0 bridgehead atoms. The Labute approximate surface area is 77.9 Å². The van der Waals surface area contributed by atoms with E-state index in [1.54, 1.807) is 0 Å². The van der Waals surface area contributed by atoms with E-state index in [1.165, 1.54) is 0 Å². The van der Waals surface area contributed by atoms with Crippen LogP contribution in [0, 0.1) is 17.3 Å². The number of carbonyl (C=O) groups is 1. The van der Waals surface area contributed by atoms with Crippen LogP contribution in [0.5, 0.6) is 0 Å². The van der Waals surface area contributed by atoms with E-state index < -0.39 is 5.97 Å². The lowest BCUT2D eigenvalue weighted by Gasteiger charge is -2.52. The predicted octanol–water partition coefficient (Wildman–Crippen LogP) is 1.10. The molecule has 0 heterocycles. The number of nitrogens with one attached hydrogen (secondary N) is 1. The molecule has 1 unspecified atom stereocenters. The number of carboxylic acids is 1. The van der Waals surface area contributed by atoms with Crippen LogP contribution in [0.25, 0.3) is 0 Å². The van der Waals surface area contributed by atoms with Crippen LogP contribution in [0.4, 0.5) is 0 Å². The van der Waals surface area contributed by atoms with Crippen LogP contribution < -0.4 is 5.48 Å². The topological polar surface area (TPSA) is 69.6 Å². The minimum atomic E-state index is -0.730. The van der Waals surface area contributed by atoms with Gasteiger partial charge in [-0.15, -0.1) is 0 Å². The highest BCUT2D eigenvalue weighted by Gasteiger charge is 2.53. The molecular formula is C9H17NO3. The minimum absolute atomic E-state index is 0.0365. The average Bonchev–Trinajstić information content (AvgIpc) is 2.01. The molecular weight excluding hydrogens is 170 g/mol. The van der Waals surface area contributed by atoms with E-state index in [0.29, 0.717) is 6.42 Å². The van der Waals surface area contributed by atoms with Gasteiger partial charge in [-0.25, -0.2) is 5.48 Å². The number of hydroxylamine groups is 1. The Kier molecular flexibility index (Phi) is 2.63. The molecule has 13 heavy (non-hydrogen) atoms. The molecule has 0 saturated heterocycles. The summed E-state index contributed by atoms with van der Waals surface area (Å²) in [6.45, 7) is 5.74. The van der Waals surface area contributed by atoms with Crippen molar-refractivity contribution >= 4 is 5.97 Å². The van der Waals surface area contributed by atoms with Crippen molar-refractivity contribution < 1.29 is 15.1 Å². The second kappa shape index (κ2) is 3.27. The second-order valence-corrected chi connectivity index (χ2v) is 4.47. The molecule has 1 aliphatic rings. The van der Waals surface area contributed by atoms with E-state index in [4.69, 9.17) is 10.3 Å². The van der Waals surface area contributed by atoms with Gasteiger partial charge in [-0.3, -0.25) is 4.79 Å². The van der Waals surface area contributed by atoms with E-state index >= 15 is 0 Å². The molecule has 0 aromatic rings. The highest BCUT2D eigenvalue weighted by Crippen LogP contribution is 2.52. The van der Waals surface area contributed by atoms with Gasteiger partial charge in [-0.2, -0.15) is 0 Å². The third kappa shape index (κ3) is 1.56. The fourth-order valence-corrected chi connectivity index (χ4v) is 2.32. The normalized spacial score (nSPS) is 33.5. The van der Waals surface area contributed by atoms with E-state index in [-0.39, 0.29) is 23.3 Å². The van der Waals surface area contributed by atoms with Crippen LogP contribution in [-0.2, 0) is 4.79 Å². The van der Waals surface area contributed by atoms with E-state index in [0.717, 1.165) is 0 Å². The Hall–Kier alpha value is -0.610. The van der Waals surface area contributed by atoms with Crippen molar-refractivity contribution in [3.8, 4) is 0 Å². The number of carboxylic acid groups (broad SMARTS) is 1. The first-order valence-corrected chi connectivity index (χ1v) is 4.53. The summed E-state index contributed by atoms with van der Waals surface area (Å²) in [5.41, 5.74) is 1.97. The zero-order valence-corrected chi connectivity index (χ0v) is 8.24. The van der Waals surface area contributed by atoms with Gasteiger partial charge in [0.15, 0.2) is 0 Å². The maximum atomic E-state index is 10.8. The first-order valence-electron chi connectivity index (χ1n) is 4.53. The zero-order chi connectivity index (χ0) is 10.2. The zero-order valence-electron chi connectivity index (χ0n) is 8.24. The molecule has 0 aromatic carbocycles. The van der Waals surface area contributed by atoms with Crippen LogP contribution in [-0.4, -0.2) is 22.3 Å². The largest absolute Gasteiger partial charge is 0.481 e. The van der Waals surface area contributed by atoms with Crippen molar-refractivity contribution in [2.24, 2.45) is 17.3 Å². The molecule has 76 valence electrons. The number of hydrogen-bond donors (Lipinski definition) is 3. The predicted molar refractivity (Wildman–Crippen MR) is 47.4 cm³/mol. The van der Waals surface area contributed by atoms with Crippen molar-refractivity contribution in [1.29, 1.82) is 0 Å². The molecule has 1 rings (SSSR count). The van der Waals surface area contributed by atoms with Gasteiger partial charge in [0.2, 0.25) is 0 Å². The molecule has 0 amide bonds. The fourth-order valence-electron chi connectivity index (χ4n) is 2.32. The van der Waals surface area contributed by atoms with Gasteiger partial charge >= 0.3 is 5.97 Å². The van der Waals surface area contributed by atoms with Gasteiger partial charge in [-0.1, -0.05) is 13.8 Å². The SMILES string of the molecule is CC(NO)[C@@H]1C[C@H](C(=O)O)C1(C)C. The van der Waals surface area contributed by atoms with Crippen LogP contribution >= 0.6 is 0 Å². The molecule has 3 atom stereocenters. The van der Waals surface area contributed by atoms with Gasteiger partial charge in [0.25, 0.3) is 0 Å². The molecule has 4 nitrogen and oxygen atoms in total. The Morgan fingerprint density at radius 1 is 1.62 bits per heavy atom. The summed E-state index contributed by atoms with van der Waals surface area (Å²) in [6, 6.07) is -0.0365. The standard InChI is InChI=1S/C9H17NO3/c1-5(10-13)6-4-7(8(11)12)9(6,2)3/h5-7,10,13H,4H2,1-3H3,(H,11,12)/t5?,6-,7+/m0/s1. The monoisotopic (exact) mass is 187 g/mol. The van der Waals surface area contributed by atoms with E-state index in [1.807, 2.05) is 20.8 Å². The van der Waals surface area contributed by atoms with Crippen LogP contribution in [0.3, 0.4) is 0 Å². The maximum Gasteiger partial charge on any atom is 0.307 e. The number of hydrogen-bond acceptors (Lipinski definition) is 3.